The molecule has 0 saturated carbocycles. The van der Waals surface area contributed by atoms with Crippen LogP contribution in [0.4, 0.5) is 5.69 Å². The van der Waals surface area contributed by atoms with Crippen molar-refractivity contribution in [2.45, 2.75) is 17.9 Å². The van der Waals surface area contributed by atoms with E-state index in [1.165, 1.54) is 6.07 Å². The third kappa shape index (κ3) is 2.64. The van der Waals surface area contributed by atoms with E-state index in [4.69, 9.17) is 4.74 Å². The average molecular weight is 299 g/mol. The molecule has 0 amide bonds. The highest BCUT2D eigenvalue weighted by atomic mass is 32.2. The number of carbonyl (C=O) groups is 1. The molecular formula is C13H17NO5S. The normalized spacial score (nSPS) is 26.4. The molecule has 6 nitrogen and oxygen atoms in total. The molecule has 1 fully saturated rings. The van der Waals surface area contributed by atoms with Crippen LogP contribution in [0.1, 0.15) is 6.92 Å². The standard InChI is InChI=1S/C13H17NO5S/c1-13(12(15)16)8-19-7-11(13)14-9-5-3-4-6-10(9)20(2,17)18/h3-6,11,14H,7-8H2,1-2H3,(H,15,16). The Morgan fingerprint density at radius 3 is 2.70 bits per heavy atom. The number of nitrogens with one attached hydrogen (secondary N) is 1. The third-order valence-electron chi connectivity index (χ3n) is 3.56. The van der Waals surface area contributed by atoms with Crippen LogP contribution in [0.15, 0.2) is 29.2 Å². The molecule has 7 heteroatoms. The van der Waals surface area contributed by atoms with Gasteiger partial charge in [-0.2, -0.15) is 0 Å². The first kappa shape index (κ1) is 14.8. The van der Waals surface area contributed by atoms with Gasteiger partial charge >= 0.3 is 5.97 Å². The van der Waals surface area contributed by atoms with Crippen molar-refractivity contribution in [3.05, 3.63) is 24.3 Å². The van der Waals surface area contributed by atoms with Crippen LogP contribution in [0, 0.1) is 5.41 Å². The van der Waals surface area contributed by atoms with Gasteiger partial charge in [0.1, 0.15) is 5.41 Å². The molecule has 0 spiro atoms. The second kappa shape index (κ2) is 5.06. The number of para-hydroxylation sites is 1. The van der Waals surface area contributed by atoms with Gasteiger partial charge in [-0.3, -0.25) is 4.79 Å². The number of anilines is 1. The van der Waals surface area contributed by atoms with Crippen LogP contribution in [0.3, 0.4) is 0 Å². The lowest BCUT2D eigenvalue weighted by Crippen LogP contribution is -2.43. The summed E-state index contributed by atoms with van der Waals surface area (Å²) in [5.74, 6) is -0.968. The monoisotopic (exact) mass is 299 g/mol. The molecule has 2 atom stereocenters. The fourth-order valence-electron chi connectivity index (χ4n) is 2.18. The Morgan fingerprint density at radius 1 is 1.45 bits per heavy atom. The van der Waals surface area contributed by atoms with Crippen LogP contribution in [0.25, 0.3) is 0 Å². The molecule has 1 aliphatic heterocycles. The Bertz CT molecular complexity index is 627. The Morgan fingerprint density at radius 2 is 2.10 bits per heavy atom. The molecule has 2 N–H and O–H groups in total. The highest BCUT2D eigenvalue weighted by molar-refractivity contribution is 7.90. The van der Waals surface area contributed by atoms with E-state index in [2.05, 4.69) is 5.32 Å². The maximum atomic E-state index is 11.7. The van der Waals surface area contributed by atoms with Crippen molar-refractivity contribution in [2.75, 3.05) is 24.8 Å². The summed E-state index contributed by atoms with van der Waals surface area (Å²) in [7, 11) is -3.38. The number of rotatable bonds is 4. The minimum atomic E-state index is -3.38. The van der Waals surface area contributed by atoms with Crippen molar-refractivity contribution in [1.29, 1.82) is 0 Å². The SMILES string of the molecule is CC1(C(=O)O)COCC1Nc1ccccc1S(C)(=O)=O. The molecule has 1 heterocycles. The molecule has 2 unspecified atom stereocenters. The number of hydrogen-bond acceptors (Lipinski definition) is 5. The fourth-order valence-corrected chi connectivity index (χ4v) is 3.03. The van der Waals surface area contributed by atoms with Crippen LogP contribution in [0.5, 0.6) is 0 Å². The molecular weight excluding hydrogens is 282 g/mol. The van der Waals surface area contributed by atoms with Gasteiger partial charge in [0, 0.05) is 6.26 Å². The van der Waals surface area contributed by atoms with Crippen LogP contribution < -0.4 is 5.32 Å². The van der Waals surface area contributed by atoms with Gasteiger partial charge in [0.05, 0.1) is 29.8 Å². The first-order valence-corrected chi connectivity index (χ1v) is 8.01. The average Bonchev–Trinajstić information content (AvgIpc) is 2.72. The van der Waals surface area contributed by atoms with Crippen molar-refractivity contribution in [3.8, 4) is 0 Å². The quantitative estimate of drug-likeness (QED) is 0.861. The molecule has 2 rings (SSSR count). The number of sulfone groups is 1. The van der Waals surface area contributed by atoms with Crippen molar-refractivity contribution >= 4 is 21.5 Å². The number of hydrogen-bond donors (Lipinski definition) is 2. The highest BCUT2D eigenvalue weighted by Crippen LogP contribution is 2.32. The summed E-state index contributed by atoms with van der Waals surface area (Å²) < 4.78 is 28.7. The van der Waals surface area contributed by atoms with Crippen LogP contribution >= 0.6 is 0 Å². The zero-order chi connectivity index (χ0) is 15.0. The predicted molar refractivity (Wildman–Crippen MR) is 73.5 cm³/mol. The molecule has 0 radical (unpaired) electrons. The minimum Gasteiger partial charge on any atom is -0.481 e. The van der Waals surface area contributed by atoms with Crippen molar-refractivity contribution in [1.82, 2.24) is 0 Å². The van der Waals surface area contributed by atoms with Crippen molar-refractivity contribution in [3.63, 3.8) is 0 Å². The van der Waals surface area contributed by atoms with Gasteiger partial charge in [0.2, 0.25) is 0 Å². The molecule has 1 aliphatic rings. The summed E-state index contributed by atoms with van der Waals surface area (Å²) in [4.78, 5) is 11.5. The molecule has 0 aromatic heterocycles. The lowest BCUT2D eigenvalue weighted by Gasteiger charge is -2.27. The summed E-state index contributed by atoms with van der Waals surface area (Å²) in [6.45, 7) is 1.91. The number of benzene rings is 1. The smallest absolute Gasteiger partial charge is 0.313 e. The van der Waals surface area contributed by atoms with Gasteiger partial charge in [-0.05, 0) is 19.1 Å². The zero-order valence-corrected chi connectivity index (χ0v) is 12.1. The van der Waals surface area contributed by atoms with Crippen molar-refractivity contribution < 1.29 is 23.1 Å². The lowest BCUT2D eigenvalue weighted by atomic mass is 9.85. The molecule has 0 aliphatic carbocycles. The van der Waals surface area contributed by atoms with Crippen LogP contribution in [0.2, 0.25) is 0 Å². The summed E-state index contributed by atoms with van der Waals surface area (Å²) >= 11 is 0. The molecule has 0 bridgehead atoms. The van der Waals surface area contributed by atoms with E-state index in [0.717, 1.165) is 6.26 Å². The molecule has 20 heavy (non-hydrogen) atoms. The Labute approximate surface area is 117 Å². The summed E-state index contributed by atoms with van der Waals surface area (Å²) in [6, 6.07) is 5.96. The maximum Gasteiger partial charge on any atom is 0.313 e. The van der Waals surface area contributed by atoms with Crippen LogP contribution in [-0.4, -0.2) is 45.0 Å². The highest BCUT2D eigenvalue weighted by Gasteiger charge is 2.46. The lowest BCUT2D eigenvalue weighted by molar-refractivity contribution is -0.148. The molecule has 1 saturated heterocycles. The number of ether oxygens (including phenoxy) is 1. The van der Waals surface area contributed by atoms with E-state index in [9.17, 15) is 18.3 Å². The van der Waals surface area contributed by atoms with Gasteiger partial charge < -0.3 is 15.2 Å². The largest absolute Gasteiger partial charge is 0.481 e. The molecule has 1 aromatic rings. The Hall–Kier alpha value is -1.60. The molecule has 110 valence electrons. The number of carboxylic acid groups (broad SMARTS) is 1. The van der Waals surface area contributed by atoms with Crippen molar-refractivity contribution in [2.24, 2.45) is 5.41 Å². The number of carboxylic acids is 1. The van der Waals surface area contributed by atoms with E-state index < -0.39 is 27.3 Å². The minimum absolute atomic E-state index is 0.0983. The van der Waals surface area contributed by atoms with Gasteiger partial charge in [0.15, 0.2) is 9.84 Å². The summed E-state index contributed by atoms with van der Waals surface area (Å²) in [5.41, 5.74) is -0.678. The van der Waals surface area contributed by atoms with E-state index in [1.807, 2.05) is 0 Å². The van der Waals surface area contributed by atoms with E-state index in [-0.39, 0.29) is 18.1 Å². The van der Waals surface area contributed by atoms with Crippen LogP contribution in [-0.2, 0) is 19.4 Å². The maximum absolute atomic E-state index is 11.7. The number of aliphatic carboxylic acids is 1. The third-order valence-corrected chi connectivity index (χ3v) is 4.72. The fraction of sp³-hybridized carbons (Fsp3) is 0.462. The molecule has 1 aromatic carbocycles. The van der Waals surface area contributed by atoms with E-state index in [0.29, 0.717) is 5.69 Å². The van der Waals surface area contributed by atoms with E-state index >= 15 is 0 Å². The Kier molecular flexibility index (Phi) is 3.75. The van der Waals surface area contributed by atoms with Gasteiger partial charge in [-0.1, -0.05) is 12.1 Å². The summed E-state index contributed by atoms with van der Waals surface area (Å²) in [6.07, 6.45) is 1.12. The van der Waals surface area contributed by atoms with Gasteiger partial charge in [-0.25, -0.2) is 8.42 Å². The zero-order valence-electron chi connectivity index (χ0n) is 11.3. The topological polar surface area (TPSA) is 92.7 Å². The second-order valence-electron chi connectivity index (χ2n) is 5.20. The first-order valence-electron chi connectivity index (χ1n) is 6.12. The van der Waals surface area contributed by atoms with E-state index in [1.54, 1.807) is 25.1 Å². The second-order valence-corrected chi connectivity index (χ2v) is 7.19. The summed E-state index contributed by atoms with van der Waals surface area (Å²) in [5, 5.41) is 12.3. The Balaban J connectivity index is 2.34. The predicted octanol–water partition coefficient (Wildman–Crippen LogP) is 0.992. The first-order chi connectivity index (χ1) is 9.25. The van der Waals surface area contributed by atoms with Gasteiger partial charge in [0.25, 0.3) is 0 Å². The van der Waals surface area contributed by atoms with Gasteiger partial charge in [-0.15, -0.1) is 0 Å².